The van der Waals surface area contributed by atoms with Crippen molar-refractivity contribution < 1.29 is 4.79 Å². The predicted molar refractivity (Wildman–Crippen MR) is 93.7 cm³/mol. The van der Waals surface area contributed by atoms with Gasteiger partial charge in [0.1, 0.15) is 0 Å². The van der Waals surface area contributed by atoms with Gasteiger partial charge in [-0.05, 0) is 25.0 Å². The molecule has 1 amide bonds. The molecular weight excluding hydrogens is 298 g/mol. The van der Waals surface area contributed by atoms with E-state index in [9.17, 15) is 4.79 Å². The van der Waals surface area contributed by atoms with E-state index < -0.39 is 0 Å². The third-order valence-corrected chi connectivity index (χ3v) is 5.94. The number of carbonyl (C=O) groups is 1. The fourth-order valence-corrected chi connectivity index (χ4v) is 5.11. The van der Waals surface area contributed by atoms with Crippen LogP contribution in [0.3, 0.4) is 0 Å². The zero-order valence-corrected chi connectivity index (χ0v) is 14.0. The smallest absolute Gasteiger partial charge is 0.263 e. The SMILES string of the molecule is CCCN(CCC)C(=O)c1cc2sc3ccccc3c2s1. The summed E-state index contributed by atoms with van der Waals surface area (Å²) in [4.78, 5) is 15.5. The molecule has 0 saturated carbocycles. The molecule has 2 heterocycles. The molecule has 0 bridgehead atoms. The largest absolute Gasteiger partial charge is 0.338 e. The third kappa shape index (κ3) is 2.70. The van der Waals surface area contributed by atoms with E-state index in [1.807, 2.05) is 4.90 Å². The first-order valence-electron chi connectivity index (χ1n) is 7.45. The van der Waals surface area contributed by atoms with Crippen LogP contribution in [-0.2, 0) is 0 Å². The molecule has 0 unspecified atom stereocenters. The molecule has 0 fully saturated rings. The maximum Gasteiger partial charge on any atom is 0.263 e. The molecule has 0 aliphatic carbocycles. The number of carbonyl (C=O) groups excluding carboxylic acids is 1. The molecular formula is C17H19NOS2. The summed E-state index contributed by atoms with van der Waals surface area (Å²) in [6, 6.07) is 10.5. The zero-order valence-electron chi connectivity index (χ0n) is 12.4. The van der Waals surface area contributed by atoms with Crippen molar-refractivity contribution in [2.24, 2.45) is 0 Å². The predicted octanol–water partition coefficient (Wildman–Crippen LogP) is 5.38. The highest BCUT2D eigenvalue weighted by Crippen LogP contribution is 2.39. The van der Waals surface area contributed by atoms with Crippen LogP contribution in [0.4, 0.5) is 0 Å². The van der Waals surface area contributed by atoms with Crippen LogP contribution < -0.4 is 0 Å². The molecule has 0 aliphatic heterocycles. The van der Waals surface area contributed by atoms with E-state index >= 15 is 0 Å². The Bertz CT molecular complexity index is 765. The van der Waals surface area contributed by atoms with Gasteiger partial charge in [0.15, 0.2) is 0 Å². The van der Waals surface area contributed by atoms with Gasteiger partial charge >= 0.3 is 0 Å². The minimum Gasteiger partial charge on any atom is -0.338 e. The number of hydrogen-bond acceptors (Lipinski definition) is 3. The van der Waals surface area contributed by atoms with Crippen LogP contribution in [0, 0.1) is 0 Å². The van der Waals surface area contributed by atoms with Gasteiger partial charge in [-0.25, -0.2) is 0 Å². The van der Waals surface area contributed by atoms with Crippen LogP contribution >= 0.6 is 22.7 Å². The summed E-state index contributed by atoms with van der Waals surface area (Å²) >= 11 is 3.42. The lowest BCUT2D eigenvalue weighted by atomic mass is 10.2. The highest BCUT2D eigenvalue weighted by Gasteiger charge is 2.18. The van der Waals surface area contributed by atoms with E-state index in [4.69, 9.17) is 0 Å². The number of hydrogen-bond donors (Lipinski definition) is 0. The van der Waals surface area contributed by atoms with Crippen LogP contribution in [0.15, 0.2) is 30.3 Å². The summed E-state index contributed by atoms with van der Waals surface area (Å²) in [6.45, 7) is 5.94. The lowest BCUT2D eigenvalue weighted by Gasteiger charge is -2.20. The van der Waals surface area contributed by atoms with Crippen molar-refractivity contribution in [3.63, 3.8) is 0 Å². The van der Waals surface area contributed by atoms with E-state index in [1.54, 1.807) is 22.7 Å². The van der Waals surface area contributed by atoms with Crippen molar-refractivity contribution in [3.05, 3.63) is 35.2 Å². The minimum absolute atomic E-state index is 0.191. The summed E-state index contributed by atoms with van der Waals surface area (Å²) in [6.07, 6.45) is 2.02. The Kier molecular flexibility index (Phi) is 4.27. The normalized spacial score (nSPS) is 11.3. The van der Waals surface area contributed by atoms with Gasteiger partial charge in [0, 0.05) is 27.9 Å². The maximum absolute atomic E-state index is 12.7. The Morgan fingerprint density at radius 1 is 1.05 bits per heavy atom. The zero-order chi connectivity index (χ0) is 14.8. The van der Waals surface area contributed by atoms with Crippen molar-refractivity contribution in [1.29, 1.82) is 0 Å². The van der Waals surface area contributed by atoms with E-state index in [0.717, 1.165) is 30.8 Å². The van der Waals surface area contributed by atoms with Crippen molar-refractivity contribution in [3.8, 4) is 0 Å². The first-order chi connectivity index (χ1) is 10.2. The van der Waals surface area contributed by atoms with Gasteiger partial charge in [-0.2, -0.15) is 0 Å². The van der Waals surface area contributed by atoms with Crippen molar-refractivity contribution in [1.82, 2.24) is 4.90 Å². The molecule has 0 atom stereocenters. The average molecular weight is 317 g/mol. The van der Waals surface area contributed by atoms with Gasteiger partial charge in [0.05, 0.1) is 9.58 Å². The van der Waals surface area contributed by atoms with Crippen LogP contribution in [0.5, 0.6) is 0 Å². The molecule has 2 nitrogen and oxygen atoms in total. The number of amides is 1. The lowest BCUT2D eigenvalue weighted by Crippen LogP contribution is -2.31. The standard InChI is InChI=1S/C17H19NOS2/c1-3-9-18(10-4-2)17(19)15-11-14-16(21-15)12-7-5-6-8-13(12)20-14/h5-8,11H,3-4,9-10H2,1-2H3. The topological polar surface area (TPSA) is 20.3 Å². The van der Waals surface area contributed by atoms with Crippen LogP contribution in [0.1, 0.15) is 36.4 Å². The van der Waals surface area contributed by atoms with Gasteiger partial charge in [-0.15, -0.1) is 22.7 Å². The molecule has 0 spiro atoms. The van der Waals surface area contributed by atoms with Gasteiger partial charge in [0.2, 0.25) is 0 Å². The van der Waals surface area contributed by atoms with Crippen molar-refractivity contribution in [2.75, 3.05) is 13.1 Å². The summed E-state index contributed by atoms with van der Waals surface area (Å²) in [5.74, 6) is 0.191. The Morgan fingerprint density at radius 3 is 2.48 bits per heavy atom. The molecule has 0 saturated heterocycles. The van der Waals surface area contributed by atoms with Gasteiger partial charge in [-0.3, -0.25) is 4.79 Å². The highest BCUT2D eigenvalue weighted by molar-refractivity contribution is 7.33. The molecule has 0 N–H and O–H groups in total. The second-order valence-corrected chi connectivity index (χ2v) is 7.33. The van der Waals surface area contributed by atoms with E-state index in [0.29, 0.717) is 0 Å². The molecule has 3 aromatic rings. The van der Waals surface area contributed by atoms with Gasteiger partial charge in [-0.1, -0.05) is 32.0 Å². The minimum atomic E-state index is 0.191. The molecule has 0 radical (unpaired) electrons. The van der Waals surface area contributed by atoms with E-state index in [2.05, 4.69) is 44.2 Å². The Hall–Kier alpha value is -1.39. The molecule has 4 heteroatoms. The summed E-state index contributed by atoms with van der Waals surface area (Å²) in [5, 5.41) is 1.28. The molecule has 1 aromatic carbocycles. The Morgan fingerprint density at radius 2 is 1.76 bits per heavy atom. The highest BCUT2D eigenvalue weighted by atomic mass is 32.1. The van der Waals surface area contributed by atoms with Crippen LogP contribution in [0.25, 0.3) is 19.5 Å². The second-order valence-electron chi connectivity index (χ2n) is 5.19. The molecule has 2 aromatic heterocycles. The van der Waals surface area contributed by atoms with Crippen LogP contribution in [0.2, 0.25) is 0 Å². The van der Waals surface area contributed by atoms with E-state index in [1.165, 1.54) is 19.5 Å². The van der Waals surface area contributed by atoms with Crippen molar-refractivity contribution >= 4 is 48.1 Å². The first kappa shape index (κ1) is 14.5. The second kappa shape index (κ2) is 6.16. The number of rotatable bonds is 5. The van der Waals surface area contributed by atoms with E-state index in [-0.39, 0.29) is 5.91 Å². The molecule has 21 heavy (non-hydrogen) atoms. The number of benzene rings is 1. The monoisotopic (exact) mass is 317 g/mol. The number of thiophene rings is 2. The fraction of sp³-hybridized carbons (Fsp3) is 0.353. The summed E-state index contributed by atoms with van der Waals surface area (Å²) in [7, 11) is 0. The summed E-state index contributed by atoms with van der Waals surface area (Å²) < 4.78 is 3.79. The molecule has 0 aliphatic rings. The Balaban J connectivity index is 1.98. The third-order valence-electron chi connectivity index (χ3n) is 3.53. The average Bonchev–Trinajstić information content (AvgIpc) is 3.04. The molecule has 3 rings (SSSR count). The number of fused-ring (bicyclic) bond motifs is 3. The molecule has 110 valence electrons. The van der Waals surface area contributed by atoms with Crippen LogP contribution in [-0.4, -0.2) is 23.9 Å². The summed E-state index contributed by atoms with van der Waals surface area (Å²) in [5.41, 5.74) is 0. The maximum atomic E-state index is 12.7. The lowest BCUT2D eigenvalue weighted by molar-refractivity contribution is 0.0760. The number of nitrogens with zero attached hydrogens (tertiary/aromatic N) is 1. The van der Waals surface area contributed by atoms with Gasteiger partial charge < -0.3 is 4.90 Å². The first-order valence-corrected chi connectivity index (χ1v) is 9.08. The quantitative estimate of drug-likeness (QED) is 0.619. The Labute approximate surface area is 133 Å². The fourth-order valence-electron chi connectivity index (χ4n) is 2.62. The van der Waals surface area contributed by atoms with Gasteiger partial charge in [0.25, 0.3) is 5.91 Å². The van der Waals surface area contributed by atoms with Crippen molar-refractivity contribution in [2.45, 2.75) is 26.7 Å².